The summed E-state index contributed by atoms with van der Waals surface area (Å²) in [5, 5.41) is 0. The zero-order valence-corrected chi connectivity index (χ0v) is 3.89. The van der Waals surface area contributed by atoms with Gasteiger partial charge in [0.15, 0.2) is 1.41 Å². The molecule has 0 bridgehead atoms. The van der Waals surface area contributed by atoms with Gasteiger partial charge in [-0.1, -0.05) is 18.1 Å². The first-order valence-electron chi connectivity index (χ1n) is 5.77. The van der Waals surface area contributed by atoms with Crippen LogP contribution in [0.4, 0.5) is 5.69 Å². The summed E-state index contributed by atoms with van der Waals surface area (Å²) in [5.41, 5.74) is -0.434. The predicted molar refractivity (Wildman–Crippen MR) is 34.3 cm³/mol. The highest BCUT2D eigenvalue weighted by Gasteiger charge is 1.78. The fraction of sp³-hybridized carbons (Fsp3) is 0. The molecule has 1 rings (SSSR count). The van der Waals surface area contributed by atoms with Gasteiger partial charge in [0.2, 0.25) is 0 Å². The summed E-state index contributed by atoms with van der Waals surface area (Å²) < 4.78 is 57.6. The number of hydrazine groups is 1. The maximum atomic E-state index is 7.43. The minimum atomic E-state index is -0.620. The van der Waals surface area contributed by atoms with Gasteiger partial charge in [-0.15, -0.1) is 0 Å². The van der Waals surface area contributed by atoms with E-state index in [0.717, 1.165) is 0 Å². The minimum Gasteiger partial charge on any atom is -0.324 e. The van der Waals surface area contributed by atoms with E-state index in [1.54, 1.807) is 0 Å². The molecule has 0 atom stereocenters. The van der Waals surface area contributed by atoms with Crippen molar-refractivity contribution in [2.45, 2.75) is 0 Å². The number of nitrogens with one attached hydrogen (secondary N) is 1. The first-order chi connectivity index (χ1) is 7.29. The number of benzene rings is 1. The molecule has 0 spiro atoms. The standard InChI is InChI=1S/C6H8N2/c7-8-6-4-2-1-3-5-6/h1-5,8H,7H2/i1D,2D,3D,4D,5D/hD3. The lowest BCUT2D eigenvalue weighted by atomic mass is 10.3. The van der Waals surface area contributed by atoms with Gasteiger partial charge >= 0.3 is 0 Å². The monoisotopic (exact) mass is 116 g/mol. The van der Waals surface area contributed by atoms with Crippen molar-refractivity contribution in [3.8, 4) is 0 Å². The van der Waals surface area contributed by atoms with Crippen molar-refractivity contribution in [1.29, 1.82) is 0 Å². The highest BCUT2D eigenvalue weighted by Crippen LogP contribution is 2.00. The van der Waals surface area contributed by atoms with Crippen molar-refractivity contribution in [3.05, 3.63) is 30.2 Å². The van der Waals surface area contributed by atoms with Crippen LogP contribution in [0.15, 0.2) is 30.2 Å². The molecule has 2 nitrogen and oxygen atoms in total. The number of anilines is 1. The van der Waals surface area contributed by atoms with Crippen LogP contribution in [0.3, 0.4) is 0 Å². The third kappa shape index (κ3) is 0.978. The van der Waals surface area contributed by atoms with Crippen LogP contribution in [0.2, 0.25) is 4.24 Å². The Bertz CT molecular complexity index is 390. The van der Waals surface area contributed by atoms with Gasteiger partial charge in [0.25, 0.3) is 0 Å². The Morgan fingerprint density at radius 3 is 3.00 bits per heavy atom. The minimum absolute atomic E-state index is 0.0974. The van der Waals surface area contributed by atoms with Gasteiger partial charge in [0.05, 0.1) is 6.85 Å². The maximum Gasteiger partial charge on any atom is 0.181 e. The van der Waals surface area contributed by atoms with Crippen molar-refractivity contribution in [3.63, 3.8) is 0 Å². The average molecular weight is 116 g/mol. The second-order valence-corrected chi connectivity index (χ2v) is 1.07. The third-order valence-corrected chi connectivity index (χ3v) is 0.587. The predicted octanol–water partition coefficient (Wildman–Crippen LogP) is 0.972. The Labute approximate surface area is 59.7 Å². The molecule has 8 heavy (non-hydrogen) atoms. The van der Waals surface area contributed by atoms with Gasteiger partial charge in [-0.25, -0.2) is 0 Å². The van der Waals surface area contributed by atoms with Crippen LogP contribution < -0.4 is 11.2 Å². The van der Waals surface area contributed by atoms with E-state index in [9.17, 15) is 0 Å². The normalized spacial score (nSPS) is 23.1. The number of rotatable bonds is 2. The van der Waals surface area contributed by atoms with E-state index in [1.165, 1.54) is 0 Å². The van der Waals surface area contributed by atoms with Gasteiger partial charge in [-0.2, -0.15) is 0 Å². The molecule has 0 aliphatic rings. The summed E-state index contributed by atoms with van der Waals surface area (Å²) in [6.07, 6.45) is 0. The average Bonchev–Trinajstić information content (AvgIpc) is 2.23. The third-order valence-electron chi connectivity index (χ3n) is 0.587. The van der Waals surface area contributed by atoms with Gasteiger partial charge < -0.3 is 5.42 Å². The Morgan fingerprint density at radius 1 is 1.62 bits per heavy atom. The van der Waals surface area contributed by atoms with Crippen molar-refractivity contribution in [2.24, 2.45) is 5.83 Å². The van der Waals surface area contributed by atoms with Crippen LogP contribution in [0.1, 0.15) is 6.85 Å². The fourth-order valence-electron chi connectivity index (χ4n) is 0.293. The van der Waals surface area contributed by atoms with Gasteiger partial charge in [0.1, 0.15) is 2.82 Å². The second kappa shape index (κ2) is 2.33. The number of nitrogen functional groups attached to an aromatic ring is 1. The largest absolute Gasteiger partial charge is 0.324 e. The number of nitrogens with two attached hydrogens (primary N) is 1. The molecule has 2 heteroatoms. The topological polar surface area (TPSA) is 38.0 Å². The Hall–Kier alpha value is -1.02. The summed E-state index contributed by atoms with van der Waals surface area (Å²) in [5.74, 6) is -0.187. The summed E-state index contributed by atoms with van der Waals surface area (Å²) in [6.45, 7) is 0. The van der Waals surface area contributed by atoms with E-state index in [4.69, 9.17) is 11.1 Å². The summed E-state index contributed by atoms with van der Waals surface area (Å²) >= 11 is 0. The van der Waals surface area contributed by atoms with Crippen LogP contribution >= 0.6 is 0 Å². The highest BCUT2D eigenvalue weighted by atomic mass is 15.2. The van der Waals surface area contributed by atoms with Crippen molar-refractivity contribution >= 4 is 5.69 Å². The van der Waals surface area contributed by atoms with Crippen LogP contribution in [0, 0.1) is 0 Å². The number of hydrogen-bond acceptors (Lipinski definition) is 2. The van der Waals surface area contributed by atoms with E-state index >= 15 is 0 Å². The molecule has 0 heterocycles. The van der Waals surface area contributed by atoms with E-state index < -0.39 is 35.9 Å². The molecule has 42 valence electrons. The van der Waals surface area contributed by atoms with E-state index in [1.807, 2.05) is 0 Å². The van der Waals surface area contributed by atoms with Crippen LogP contribution in [0.5, 0.6) is 0 Å². The zero-order valence-electron chi connectivity index (χ0n) is 11.9. The quantitative estimate of drug-likeness (QED) is 0.446. The Kier molecular flexibility index (Phi) is 0.324. The molecule has 0 saturated heterocycles. The van der Waals surface area contributed by atoms with E-state index in [0.29, 0.717) is 0 Å². The lowest BCUT2D eigenvalue weighted by molar-refractivity contribution is 1.35. The molecular weight excluding hydrogens is 100 g/mol. The van der Waals surface area contributed by atoms with Crippen molar-refractivity contribution in [1.82, 2.24) is 0 Å². The molecule has 3 N–H and O–H groups in total. The molecule has 1 aromatic carbocycles. The first kappa shape index (κ1) is 1.11. The van der Waals surface area contributed by atoms with Crippen molar-refractivity contribution < 1.29 is 11.1 Å². The number of para-hydroxylation sites is 1. The van der Waals surface area contributed by atoms with Gasteiger partial charge in [-0.3, -0.25) is 5.83 Å². The van der Waals surface area contributed by atoms with Crippen LogP contribution in [0.25, 0.3) is 0 Å². The molecule has 0 aliphatic heterocycles. The number of hydrogen-bond donors (Lipinski definition) is 2. The Morgan fingerprint density at radius 2 is 2.38 bits per heavy atom. The second-order valence-electron chi connectivity index (χ2n) is 1.07. The summed E-state index contributed by atoms with van der Waals surface area (Å²) in [7, 11) is 0. The molecule has 0 aliphatic carbocycles. The molecule has 0 amide bonds. The lowest BCUT2D eigenvalue weighted by Crippen LogP contribution is -2.05. The van der Waals surface area contributed by atoms with Gasteiger partial charge in [-0.05, 0) is 12.1 Å². The lowest BCUT2D eigenvalue weighted by Gasteiger charge is -1.94. The van der Waals surface area contributed by atoms with Crippen molar-refractivity contribution in [2.75, 3.05) is 5.42 Å². The van der Waals surface area contributed by atoms with Gasteiger partial charge in [0, 0.05) is 5.69 Å². The SMILES string of the molecule is [2H]c1c([2H])c([2H])c(N([2H])N([2H])[2H])c([2H])c1[2H]. The molecule has 0 aromatic heterocycles. The smallest absolute Gasteiger partial charge is 0.181 e. The molecule has 0 saturated carbocycles. The molecule has 1 aromatic rings. The van der Waals surface area contributed by atoms with Crippen LogP contribution in [-0.2, 0) is 0 Å². The van der Waals surface area contributed by atoms with E-state index in [-0.39, 0.29) is 11.2 Å². The fourth-order valence-corrected chi connectivity index (χ4v) is 0.293. The molecule has 0 radical (unpaired) electrons. The summed E-state index contributed by atoms with van der Waals surface area (Å²) in [6, 6.07) is -3.02. The Balaban J connectivity index is 3.51. The first-order valence-corrected chi connectivity index (χ1v) is 1.92. The van der Waals surface area contributed by atoms with E-state index in [2.05, 4.69) is 0 Å². The zero-order chi connectivity index (χ0) is 12.6. The molecular formula is C6H8N2. The molecule has 0 unspecified atom stereocenters. The maximum absolute atomic E-state index is 7.43. The highest BCUT2D eigenvalue weighted by molar-refractivity contribution is 5.40. The summed E-state index contributed by atoms with van der Waals surface area (Å²) in [4.78, 5) is 0. The van der Waals surface area contributed by atoms with Crippen LogP contribution in [-0.4, -0.2) is 0 Å². The molecule has 0 fully saturated rings.